The summed E-state index contributed by atoms with van der Waals surface area (Å²) in [4.78, 5) is 14.7. The fraction of sp³-hybridized carbons (Fsp3) is 0.143. The van der Waals surface area contributed by atoms with Gasteiger partial charge < -0.3 is 16.0 Å². The molecule has 1 heterocycles. The number of H-pyrrole nitrogens is 1. The van der Waals surface area contributed by atoms with E-state index >= 15 is 0 Å². The zero-order valence-corrected chi connectivity index (χ0v) is 10.5. The monoisotopic (exact) mass is 254 g/mol. The number of benzene rings is 1. The SMILES string of the molecule is CC(NC(=O)c1cc(N)c[nH]1)c1ccc(C#N)cc1. The van der Waals surface area contributed by atoms with E-state index in [0.717, 1.165) is 5.56 Å². The molecule has 5 nitrogen and oxygen atoms in total. The van der Waals surface area contributed by atoms with E-state index < -0.39 is 0 Å². The summed E-state index contributed by atoms with van der Waals surface area (Å²) < 4.78 is 0. The van der Waals surface area contributed by atoms with Crippen molar-refractivity contribution in [1.29, 1.82) is 5.26 Å². The fourth-order valence-electron chi connectivity index (χ4n) is 1.75. The topological polar surface area (TPSA) is 94.7 Å². The predicted molar refractivity (Wildman–Crippen MR) is 72.2 cm³/mol. The summed E-state index contributed by atoms with van der Waals surface area (Å²) in [5.74, 6) is -0.214. The number of aromatic nitrogens is 1. The average molecular weight is 254 g/mol. The number of nitriles is 1. The fourth-order valence-corrected chi connectivity index (χ4v) is 1.75. The van der Waals surface area contributed by atoms with Crippen LogP contribution in [0.2, 0.25) is 0 Å². The maximum Gasteiger partial charge on any atom is 0.268 e. The van der Waals surface area contributed by atoms with Crippen molar-refractivity contribution in [3.63, 3.8) is 0 Å². The lowest BCUT2D eigenvalue weighted by Gasteiger charge is -2.13. The van der Waals surface area contributed by atoms with Crippen LogP contribution in [0.4, 0.5) is 5.69 Å². The molecular weight excluding hydrogens is 240 g/mol. The van der Waals surface area contributed by atoms with Crippen LogP contribution < -0.4 is 11.1 Å². The third kappa shape index (κ3) is 2.93. The molecule has 0 aliphatic rings. The molecular formula is C14H14N4O. The van der Waals surface area contributed by atoms with E-state index in [9.17, 15) is 4.79 Å². The van der Waals surface area contributed by atoms with Crippen LogP contribution in [-0.4, -0.2) is 10.9 Å². The van der Waals surface area contributed by atoms with Crippen LogP contribution in [-0.2, 0) is 0 Å². The van der Waals surface area contributed by atoms with Crippen molar-refractivity contribution in [2.75, 3.05) is 5.73 Å². The summed E-state index contributed by atoms with van der Waals surface area (Å²) in [6.45, 7) is 1.88. The van der Waals surface area contributed by atoms with E-state index in [1.165, 1.54) is 0 Å². The number of hydrogen-bond donors (Lipinski definition) is 3. The van der Waals surface area contributed by atoms with Gasteiger partial charge in [-0.1, -0.05) is 12.1 Å². The van der Waals surface area contributed by atoms with Crippen LogP contribution in [0.3, 0.4) is 0 Å². The van der Waals surface area contributed by atoms with Gasteiger partial charge in [0.1, 0.15) is 5.69 Å². The molecule has 0 bridgehead atoms. The van der Waals surface area contributed by atoms with E-state index in [-0.39, 0.29) is 11.9 Å². The van der Waals surface area contributed by atoms with Crippen molar-refractivity contribution in [1.82, 2.24) is 10.3 Å². The molecule has 1 amide bonds. The molecule has 96 valence electrons. The molecule has 5 heteroatoms. The molecule has 1 aromatic carbocycles. The molecule has 0 spiro atoms. The van der Waals surface area contributed by atoms with Gasteiger partial charge in [-0.3, -0.25) is 4.79 Å². The number of amides is 1. The molecule has 0 saturated heterocycles. The van der Waals surface area contributed by atoms with Gasteiger partial charge in [-0.25, -0.2) is 0 Å². The van der Waals surface area contributed by atoms with Gasteiger partial charge in [0.05, 0.1) is 17.7 Å². The van der Waals surface area contributed by atoms with Gasteiger partial charge in [0.15, 0.2) is 0 Å². The van der Waals surface area contributed by atoms with Gasteiger partial charge in [0.2, 0.25) is 0 Å². The third-order valence-electron chi connectivity index (χ3n) is 2.84. The number of aromatic amines is 1. The van der Waals surface area contributed by atoms with Gasteiger partial charge in [0, 0.05) is 11.9 Å². The summed E-state index contributed by atoms with van der Waals surface area (Å²) in [6.07, 6.45) is 1.57. The van der Waals surface area contributed by atoms with Crippen molar-refractivity contribution in [2.24, 2.45) is 0 Å². The smallest absolute Gasteiger partial charge is 0.268 e. The van der Waals surface area contributed by atoms with E-state index in [4.69, 9.17) is 11.0 Å². The molecule has 4 N–H and O–H groups in total. The summed E-state index contributed by atoms with van der Waals surface area (Å²) >= 11 is 0. The zero-order valence-electron chi connectivity index (χ0n) is 10.5. The number of carbonyl (C=O) groups is 1. The lowest BCUT2D eigenvalue weighted by Crippen LogP contribution is -2.26. The quantitative estimate of drug-likeness (QED) is 0.781. The highest BCUT2D eigenvalue weighted by molar-refractivity contribution is 5.93. The van der Waals surface area contributed by atoms with E-state index in [1.807, 2.05) is 19.1 Å². The Morgan fingerprint density at radius 2 is 2.11 bits per heavy atom. The van der Waals surface area contributed by atoms with Crippen LogP contribution in [0.25, 0.3) is 0 Å². The summed E-state index contributed by atoms with van der Waals surface area (Å²) in [5.41, 5.74) is 8.03. The average Bonchev–Trinajstić information content (AvgIpc) is 2.85. The number of nitrogen functional groups attached to an aromatic ring is 1. The summed E-state index contributed by atoms with van der Waals surface area (Å²) in [5, 5.41) is 11.6. The molecule has 19 heavy (non-hydrogen) atoms. The predicted octanol–water partition coefficient (Wildman–Crippen LogP) is 1.96. The highest BCUT2D eigenvalue weighted by Crippen LogP contribution is 2.14. The Hall–Kier alpha value is -2.74. The largest absolute Gasteiger partial charge is 0.397 e. The number of anilines is 1. The Morgan fingerprint density at radius 3 is 2.63 bits per heavy atom. The second-order valence-corrected chi connectivity index (χ2v) is 4.28. The first-order valence-corrected chi connectivity index (χ1v) is 5.85. The van der Waals surface area contributed by atoms with Gasteiger partial charge in [0.25, 0.3) is 5.91 Å². The minimum atomic E-state index is -0.214. The highest BCUT2D eigenvalue weighted by Gasteiger charge is 2.12. The molecule has 0 radical (unpaired) electrons. The molecule has 2 rings (SSSR count). The number of nitrogens with zero attached hydrogens (tertiary/aromatic N) is 1. The lowest BCUT2D eigenvalue weighted by molar-refractivity contribution is 0.0935. The number of nitrogens with two attached hydrogens (primary N) is 1. The number of hydrogen-bond acceptors (Lipinski definition) is 3. The maximum absolute atomic E-state index is 11.9. The van der Waals surface area contributed by atoms with Crippen LogP contribution in [0, 0.1) is 11.3 Å². The van der Waals surface area contributed by atoms with Crippen LogP contribution in [0.1, 0.15) is 34.6 Å². The molecule has 0 fully saturated rings. The maximum atomic E-state index is 11.9. The standard InChI is InChI=1S/C14H14N4O/c1-9(11-4-2-10(7-15)3-5-11)18-14(19)13-6-12(16)8-17-13/h2-6,8-9,17H,16H2,1H3,(H,18,19). The lowest BCUT2D eigenvalue weighted by atomic mass is 10.1. The molecule has 1 aromatic heterocycles. The molecule has 0 saturated carbocycles. The van der Waals surface area contributed by atoms with Gasteiger partial charge >= 0.3 is 0 Å². The molecule has 1 atom stereocenters. The first-order valence-electron chi connectivity index (χ1n) is 5.85. The normalized spacial score (nSPS) is 11.6. The van der Waals surface area contributed by atoms with Crippen molar-refractivity contribution in [3.05, 3.63) is 53.3 Å². The minimum absolute atomic E-state index is 0.148. The first kappa shape index (κ1) is 12.7. The molecule has 1 unspecified atom stereocenters. The van der Waals surface area contributed by atoms with Gasteiger partial charge in [-0.2, -0.15) is 5.26 Å². The first-order chi connectivity index (χ1) is 9.10. The second-order valence-electron chi connectivity index (χ2n) is 4.28. The van der Waals surface area contributed by atoms with E-state index in [2.05, 4.69) is 16.4 Å². The molecule has 0 aliphatic heterocycles. The second kappa shape index (κ2) is 5.27. The highest BCUT2D eigenvalue weighted by atomic mass is 16.1. The molecule has 2 aromatic rings. The third-order valence-corrected chi connectivity index (χ3v) is 2.84. The Balaban J connectivity index is 2.06. The number of nitrogens with one attached hydrogen (secondary N) is 2. The van der Waals surface area contributed by atoms with E-state index in [1.54, 1.807) is 24.4 Å². The van der Waals surface area contributed by atoms with Crippen LogP contribution >= 0.6 is 0 Å². The zero-order chi connectivity index (χ0) is 13.8. The van der Waals surface area contributed by atoms with Crippen LogP contribution in [0.5, 0.6) is 0 Å². The Kier molecular flexibility index (Phi) is 3.53. The van der Waals surface area contributed by atoms with Crippen molar-refractivity contribution < 1.29 is 4.79 Å². The van der Waals surface area contributed by atoms with Crippen molar-refractivity contribution in [2.45, 2.75) is 13.0 Å². The Bertz CT molecular complexity index is 622. The van der Waals surface area contributed by atoms with Crippen molar-refractivity contribution in [3.8, 4) is 6.07 Å². The Morgan fingerprint density at radius 1 is 1.42 bits per heavy atom. The van der Waals surface area contributed by atoms with Gasteiger partial charge in [-0.15, -0.1) is 0 Å². The van der Waals surface area contributed by atoms with Gasteiger partial charge in [-0.05, 0) is 30.7 Å². The summed E-state index contributed by atoms with van der Waals surface area (Å²) in [6, 6.07) is 10.6. The Labute approximate surface area is 111 Å². The number of carbonyl (C=O) groups excluding carboxylic acids is 1. The molecule has 0 aliphatic carbocycles. The van der Waals surface area contributed by atoms with Crippen LogP contribution in [0.15, 0.2) is 36.5 Å². The van der Waals surface area contributed by atoms with E-state index in [0.29, 0.717) is 16.9 Å². The summed E-state index contributed by atoms with van der Waals surface area (Å²) in [7, 11) is 0. The minimum Gasteiger partial charge on any atom is -0.397 e. The van der Waals surface area contributed by atoms with Crippen molar-refractivity contribution >= 4 is 11.6 Å². The number of rotatable bonds is 3.